The van der Waals surface area contributed by atoms with Gasteiger partial charge in [-0.3, -0.25) is 0 Å². The highest BCUT2D eigenvalue weighted by Gasteiger charge is 2.30. The van der Waals surface area contributed by atoms with E-state index in [1.54, 1.807) is 40.2 Å². The van der Waals surface area contributed by atoms with Crippen LogP contribution in [0.25, 0.3) is 20.4 Å². The molecule has 59 heavy (non-hydrogen) atoms. The number of carbonyl (C=O) groups is 2. The topological polar surface area (TPSA) is 144 Å². The first-order chi connectivity index (χ1) is 28.6. The van der Waals surface area contributed by atoms with Gasteiger partial charge in [0.2, 0.25) is 11.8 Å². The van der Waals surface area contributed by atoms with Gasteiger partial charge in [-0.15, -0.1) is 22.7 Å². The van der Waals surface area contributed by atoms with Gasteiger partial charge in [0.05, 0.1) is 30.5 Å². The van der Waals surface area contributed by atoms with E-state index in [-0.39, 0.29) is 18.3 Å². The Bertz CT molecular complexity index is 1980. The Kier molecular flexibility index (Phi) is 16.8. The zero-order chi connectivity index (χ0) is 41.9. The second kappa shape index (κ2) is 21.9. The molecule has 4 aromatic rings. The third-order valence-electron chi connectivity index (χ3n) is 11.5. The largest absolute Gasteiger partial charge is 0.474 e. The average molecular weight is 874 g/mol. The van der Waals surface area contributed by atoms with Crippen molar-refractivity contribution in [3.05, 3.63) is 33.5 Å². The van der Waals surface area contributed by atoms with E-state index in [1.807, 2.05) is 13.8 Å². The molecule has 17 heteroatoms. The summed E-state index contributed by atoms with van der Waals surface area (Å²) in [5.41, 5.74) is 1.76. The third kappa shape index (κ3) is 11.9. The van der Waals surface area contributed by atoms with Crippen LogP contribution in [0.3, 0.4) is 0 Å². The molecule has 4 aliphatic rings. The van der Waals surface area contributed by atoms with Crippen LogP contribution in [0.1, 0.15) is 98.9 Å². The molecule has 2 saturated carbocycles. The molecular weight excluding hydrogens is 812 g/mol. The lowest BCUT2D eigenvalue weighted by Gasteiger charge is -2.32. The lowest BCUT2D eigenvalue weighted by atomic mass is 9.92. The first kappa shape index (κ1) is 45.1. The zero-order valence-corrected chi connectivity index (χ0v) is 37.9. The van der Waals surface area contributed by atoms with Gasteiger partial charge >= 0.3 is 11.5 Å². The molecule has 0 atom stereocenters. The van der Waals surface area contributed by atoms with Crippen LogP contribution in [0, 0.1) is 0 Å². The van der Waals surface area contributed by atoms with Crippen molar-refractivity contribution >= 4 is 66.2 Å². The predicted octanol–water partition coefficient (Wildman–Crippen LogP) is 8.21. The van der Waals surface area contributed by atoms with Crippen molar-refractivity contribution in [1.29, 1.82) is 0 Å². The van der Waals surface area contributed by atoms with E-state index in [2.05, 4.69) is 68.0 Å². The van der Waals surface area contributed by atoms with Crippen LogP contribution in [0.2, 0.25) is 0 Å². The van der Waals surface area contributed by atoms with E-state index < -0.39 is 5.43 Å². The molecule has 4 aromatic heterocycles. The average Bonchev–Trinajstić information content (AvgIpc) is 3.82. The molecule has 6 heterocycles. The molecule has 2 aliphatic carbocycles. The van der Waals surface area contributed by atoms with Gasteiger partial charge in [0.25, 0.3) is 0 Å². The van der Waals surface area contributed by atoms with Gasteiger partial charge in [-0.2, -0.15) is 0 Å². The van der Waals surface area contributed by atoms with Gasteiger partial charge in [0.1, 0.15) is 34.5 Å². The maximum absolute atomic E-state index is 12.4. The number of thiophene rings is 2. The lowest BCUT2D eigenvalue weighted by molar-refractivity contribution is 0.0979. The lowest BCUT2D eigenvalue weighted by Crippen LogP contribution is -2.36. The number of nitrogens with one attached hydrogen (secondary N) is 1. The highest BCUT2D eigenvalue weighted by atomic mass is 35.5. The monoisotopic (exact) mass is 872 g/mol. The van der Waals surface area contributed by atoms with Crippen LogP contribution >= 0.6 is 34.3 Å². The highest BCUT2D eigenvalue weighted by Crippen LogP contribution is 2.40. The van der Waals surface area contributed by atoms with Crippen LogP contribution in [0.5, 0.6) is 11.8 Å². The third-order valence-corrected chi connectivity index (χ3v) is 14.0. The SMILES string of the molecule is CCCOC(=O)Cl.CCCOC(=O)N1CCc2sc3ncnc(OC4CCC(N(C)C)CC4)c3c2C1.CN(C)C1CCC(Oc2ncnc3sc4c(c23)CNCC4)CC1. The molecule has 324 valence electrons. The summed E-state index contributed by atoms with van der Waals surface area (Å²) >= 11 is 8.29. The van der Waals surface area contributed by atoms with Crippen molar-refractivity contribution in [2.24, 2.45) is 0 Å². The van der Waals surface area contributed by atoms with E-state index in [4.69, 9.17) is 25.8 Å². The zero-order valence-electron chi connectivity index (χ0n) is 35.5. The second-order valence-electron chi connectivity index (χ2n) is 16.0. The van der Waals surface area contributed by atoms with Crippen molar-refractivity contribution in [2.75, 3.05) is 54.5 Å². The Labute approximate surface area is 361 Å². The van der Waals surface area contributed by atoms with E-state index in [9.17, 15) is 9.59 Å². The number of hydrogen-bond donors (Lipinski definition) is 1. The number of amides is 1. The molecule has 0 aromatic carbocycles. The summed E-state index contributed by atoms with van der Waals surface area (Å²) in [6.07, 6.45) is 16.0. The smallest absolute Gasteiger partial charge is 0.410 e. The highest BCUT2D eigenvalue weighted by molar-refractivity contribution is 7.19. The minimum absolute atomic E-state index is 0.189. The molecule has 14 nitrogen and oxygen atoms in total. The summed E-state index contributed by atoms with van der Waals surface area (Å²) in [6, 6.07) is 1.33. The summed E-state index contributed by atoms with van der Waals surface area (Å²) in [4.78, 5) is 51.2. The van der Waals surface area contributed by atoms with Gasteiger partial charge in [0, 0.05) is 58.6 Å². The van der Waals surface area contributed by atoms with E-state index >= 15 is 0 Å². The van der Waals surface area contributed by atoms with Gasteiger partial charge in [-0.05, 0) is 111 Å². The first-order valence-corrected chi connectivity index (χ1v) is 23.2. The number of rotatable bonds is 10. The molecule has 2 aliphatic heterocycles. The van der Waals surface area contributed by atoms with Crippen molar-refractivity contribution in [3.63, 3.8) is 0 Å². The molecule has 0 unspecified atom stereocenters. The van der Waals surface area contributed by atoms with E-state index in [1.165, 1.54) is 28.2 Å². The van der Waals surface area contributed by atoms with Gasteiger partial charge in [0.15, 0.2) is 0 Å². The number of carbonyl (C=O) groups excluding carboxylic acids is 2. The number of ether oxygens (including phenoxy) is 4. The number of nitrogens with zero attached hydrogens (tertiary/aromatic N) is 7. The minimum Gasteiger partial charge on any atom is -0.474 e. The van der Waals surface area contributed by atoms with Gasteiger partial charge in [-0.25, -0.2) is 29.5 Å². The maximum atomic E-state index is 12.4. The fourth-order valence-electron chi connectivity index (χ4n) is 8.17. The standard InChI is InChI=1S/C21H30N4O3S.C17H24N4OS.C4H7ClO2/c1-4-11-27-21(26)25-10-9-17-16(12-25)18-19(22-13-23-20(18)29-17)28-15-7-5-14(6-8-15)24(2)3;1-21(2)11-3-5-12(6-4-11)22-16-15-13-9-18-8-7-14(13)23-17(15)20-10-19-16;1-2-3-7-4(5)6/h13-15H,4-12H2,1-3H3;10-12,18H,3-9H2,1-2H3;2-3H2,1H3. The normalized spacial score (nSPS) is 21.5. The predicted molar refractivity (Wildman–Crippen MR) is 234 cm³/mol. The van der Waals surface area contributed by atoms with Crippen LogP contribution in [0.15, 0.2) is 12.7 Å². The Morgan fingerprint density at radius 2 is 1.25 bits per heavy atom. The van der Waals surface area contributed by atoms with Crippen LogP contribution in [-0.4, -0.2) is 125 Å². The molecule has 2 fully saturated rings. The first-order valence-electron chi connectivity index (χ1n) is 21.2. The summed E-state index contributed by atoms with van der Waals surface area (Å²) in [6.45, 7) is 7.96. The molecule has 8 rings (SSSR count). The molecule has 0 spiro atoms. The number of hydrogen-bond acceptors (Lipinski definition) is 15. The Morgan fingerprint density at radius 1 is 0.746 bits per heavy atom. The van der Waals surface area contributed by atoms with E-state index in [0.29, 0.717) is 44.3 Å². The van der Waals surface area contributed by atoms with Crippen LogP contribution in [0.4, 0.5) is 9.59 Å². The van der Waals surface area contributed by atoms with Gasteiger partial charge < -0.3 is 39.0 Å². The van der Waals surface area contributed by atoms with E-state index in [0.717, 1.165) is 109 Å². The minimum atomic E-state index is -0.721. The Hall–Kier alpha value is -3.41. The number of aromatic nitrogens is 4. The molecule has 1 N–H and O–H groups in total. The van der Waals surface area contributed by atoms with Crippen molar-refractivity contribution in [3.8, 4) is 11.8 Å². The fraction of sp³-hybridized carbons (Fsp3) is 0.667. The maximum Gasteiger partial charge on any atom is 0.410 e. The summed E-state index contributed by atoms with van der Waals surface area (Å²) in [5.74, 6) is 1.47. The molecular formula is C42H61ClN8O6S2. The van der Waals surface area contributed by atoms with Crippen molar-refractivity contribution in [1.82, 2.24) is 40.0 Å². The molecule has 0 saturated heterocycles. The molecule has 0 radical (unpaired) electrons. The van der Waals surface area contributed by atoms with Crippen LogP contribution < -0.4 is 14.8 Å². The van der Waals surface area contributed by atoms with Gasteiger partial charge in [-0.1, -0.05) is 13.8 Å². The van der Waals surface area contributed by atoms with Crippen molar-refractivity contribution < 1.29 is 28.5 Å². The summed E-state index contributed by atoms with van der Waals surface area (Å²) in [5, 5.41) is 5.59. The Balaban J connectivity index is 0.000000174. The second-order valence-corrected chi connectivity index (χ2v) is 18.5. The molecule has 1 amide bonds. The number of fused-ring (bicyclic) bond motifs is 6. The Morgan fingerprint density at radius 3 is 1.75 bits per heavy atom. The molecule has 0 bridgehead atoms. The summed E-state index contributed by atoms with van der Waals surface area (Å²) < 4.78 is 22.4. The quantitative estimate of drug-likeness (QED) is 0.153. The van der Waals surface area contributed by atoms with Crippen molar-refractivity contribution in [2.45, 2.75) is 128 Å². The fourth-order valence-corrected chi connectivity index (χ4v) is 10.5. The summed E-state index contributed by atoms with van der Waals surface area (Å²) in [7, 11) is 8.64. The number of halogens is 1. The van der Waals surface area contributed by atoms with Crippen LogP contribution in [-0.2, 0) is 35.4 Å².